The molecule has 0 unspecified atom stereocenters. The van der Waals surface area contributed by atoms with Gasteiger partial charge in [0.15, 0.2) is 0 Å². The second kappa shape index (κ2) is 7.25. The highest BCUT2D eigenvalue weighted by Crippen LogP contribution is 2.23. The summed E-state index contributed by atoms with van der Waals surface area (Å²) in [6.07, 6.45) is 0.594. The van der Waals surface area contributed by atoms with Crippen LogP contribution in [0.15, 0.2) is 0 Å². The Morgan fingerprint density at radius 1 is 1.18 bits per heavy atom. The SMILES string of the molecule is CC(=O)N1CCN([C@H]2CN(CCCS(N)(=O)=O)C[C@H]2C)CC1. The Balaban J connectivity index is 1.78. The Morgan fingerprint density at radius 2 is 1.82 bits per heavy atom. The number of sulfonamides is 1. The van der Waals surface area contributed by atoms with Gasteiger partial charge in [-0.2, -0.15) is 0 Å². The van der Waals surface area contributed by atoms with Crippen LogP contribution in [0.5, 0.6) is 0 Å². The first-order valence-electron chi connectivity index (χ1n) is 7.98. The molecule has 2 fully saturated rings. The average molecular weight is 332 g/mol. The van der Waals surface area contributed by atoms with E-state index in [9.17, 15) is 13.2 Å². The number of likely N-dealkylation sites (tertiary alicyclic amines) is 1. The molecule has 2 saturated heterocycles. The molecule has 0 aromatic heterocycles. The number of piperazine rings is 1. The Labute approximate surface area is 133 Å². The van der Waals surface area contributed by atoms with Crippen molar-refractivity contribution in [2.45, 2.75) is 26.3 Å². The zero-order chi connectivity index (χ0) is 16.3. The van der Waals surface area contributed by atoms with Crippen molar-refractivity contribution < 1.29 is 13.2 Å². The van der Waals surface area contributed by atoms with Crippen molar-refractivity contribution in [3.63, 3.8) is 0 Å². The quantitative estimate of drug-likeness (QED) is 0.709. The number of carbonyl (C=O) groups excluding carboxylic acids is 1. The van der Waals surface area contributed by atoms with Crippen molar-refractivity contribution in [3.05, 3.63) is 0 Å². The third-order valence-electron chi connectivity index (χ3n) is 4.78. The molecule has 0 spiro atoms. The Bertz CT molecular complexity index is 488. The molecule has 2 atom stereocenters. The number of nitrogens with two attached hydrogens (primary N) is 1. The summed E-state index contributed by atoms with van der Waals surface area (Å²) in [5.41, 5.74) is 0. The molecule has 2 rings (SSSR count). The molecule has 0 saturated carbocycles. The fraction of sp³-hybridized carbons (Fsp3) is 0.929. The van der Waals surface area contributed by atoms with Gasteiger partial charge < -0.3 is 9.80 Å². The maximum absolute atomic E-state index is 11.4. The Hall–Kier alpha value is -0.700. The molecule has 2 aliphatic rings. The van der Waals surface area contributed by atoms with E-state index >= 15 is 0 Å². The van der Waals surface area contributed by atoms with Gasteiger partial charge in [-0.3, -0.25) is 9.69 Å². The van der Waals surface area contributed by atoms with Crippen LogP contribution >= 0.6 is 0 Å². The van der Waals surface area contributed by atoms with Crippen molar-refractivity contribution in [2.75, 3.05) is 51.6 Å². The molecule has 1 amide bonds. The second-order valence-corrected chi connectivity index (χ2v) is 8.30. The van der Waals surface area contributed by atoms with Crippen LogP contribution in [0, 0.1) is 5.92 Å². The summed E-state index contributed by atoms with van der Waals surface area (Å²) in [6.45, 7) is 10.1. The zero-order valence-corrected chi connectivity index (χ0v) is 14.4. The fourth-order valence-corrected chi connectivity index (χ4v) is 4.10. The normalized spacial score (nSPS) is 28.2. The number of nitrogens with zero attached hydrogens (tertiary/aromatic N) is 3. The molecule has 8 heteroatoms. The van der Waals surface area contributed by atoms with E-state index < -0.39 is 10.0 Å². The third-order valence-corrected chi connectivity index (χ3v) is 5.64. The van der Waals surface area contributed by atoms with Gasteiger partial charge in [-0.1, -0.05) is 6.92 Å². The van der Waals surface area contributed by atoms with Gasteiger partial charge in [-0.15, -0.1) is 0 Å². The van der Waals surface area contributed by atoms with Crippen LogP contribution in [-0.2, 0) is 14.8 Å². The summed E-state index contributed by atoms with van der Waals surface area (Å²) in [4.78, 5) is 18.1. The first-order chi connectivity index (χ1) is 10.3. The number of rotatable bonds is 5. The van der Waals surface area contributed by atoms with Gasteiger partial charge in [0.1, 0.15) is 0 Å². The van der Waals surface area contributed by atoms with Crippen molar-refractivity contribution in [1.82, 2.24) is 14.7 Å². The lowest BCUT2D eigenvalue weighted by Crippen LogP contribution is -2.53. The second-order valence-electron chi connectivity index (χ2n) is 6.57. The first kappa shape index (κ1) is 17.7. The standard InChI is InChI=1S/C14H28N4O3S/c1-12-10-16(4-3-9-22(15,20)21)11-14(12)18-7-5-17(6-8-18)13(2)19/h12,14H,3-11H2,1-2H3,(H2,15,20,21)/t12-,14+/m1/s1. The molecule has 2 heterocycles. The van der Waals surface area contributed by atoms with Crippen LogP contribution in [0.1, 0.15) is 20.3 Å². The zero-order valence-electron chi connectivity index (χ0n) is 13.6. The average Bonchev–Trinajstić information content (AvgIpc) is 2.78. The van der Waals surface area contributed by atoms with Crippen LogP contribution in [0.2, 0.25) is 0 Å². The summed E-state index contributed by atoms with van der Waals surface area (Å²) < 4.78 is 22.0. The van der Waals surface area contributed by atoms with Crippen LogP contribution in [0.25, 0.3) is 0 Å². The molecule has 0 radical (unpaired) electrons. The van der Waals surface area contributed by atoms with Gasteiger partial charge in [-0.05, 0) is 18.9 Å². The minimum absolute atomic E-state index is 0.0554. The van der Waals surface area contributed by atoms with E-state index in [-0.39, 0.29) is 11.7 Å². The van der Waals surface area contributed by atoms with Gasteiger partial charge in [0.2, 0.25) is 15.9 Å². The summed E-state index contributed by atoms with van der Waals surface area (Å²) in [5, 5.41) is 5.04. The lowest BCUT2D eigenvalue weighted by atomic mass is 10.0. The number of primary sulfonamides is 1. The van der Waals surface area contributed by atoms with E-state index in [1.54, 1.807) is 6.92 Å². The molecule has 0 aromatic rings. The number of amides is 1. The summed E-state index contributed by atoms with van der Waals surface area (Å²) in [5.74, 6) is 0.780. The van der Waals surface area contributed by atoms with E-state index in [4.69, 9.17) is 5.14 Å². The maximum atomic E-state index is 11.4. The highest BCUT2D eigenvalue weighted by Gasteiger charge is 2.35. The predicted molar refractivity (Wildman–Crippen MR) is 85.8 cm³/mol. The van der Waals surface area contributed by atoms with Crippen molar-refractivity contribution in [1.29, 1.82) is 0 Å². The van der Waals surface area contributed by atoms with Gasteiger partial charge in [0.05, 0.1) is 5.75 Å². The number of hydrogen-bond donors (Lipinski definition) is 1. The lowest BCUT2D eigenvalue weighted by Gasteiger charge is -2.39. The molecule has 0 aliphatic carbocycles. The lowest BCUT2D eigenvalue weighted by molar-refractivity contribution is -0.130. The van der Waals surface area contributed by atoms with E-state index in [1.165, 1.54) is 0 Å². The van der Waals surface area contributed by atoms with Gasteiger partial charge in [0, 0.05) is 52.2 Å². The van der Waals surface area contributed by atoms with E-state index in [0.717, 1.165) is 45.8 Å². The van der Waals surface area contributed by atoms with Gasteiger partial charge in [0.25, 0.3) is 0 Å². The van der Waals surface area contributed by atoms with Gasteiger partial charge >= 0.3 is 0 Å². The molecule has 2 aliphatic heterocycles. The summed E-state index contributed by atoms with van der Waals surface area (Å²) in [7, 11) is -3.35. The van der Waals surface area contributed by atoms with Crippen LogP contribution in [-0.4, -0.2) is 86.6 Å². The monoisotopic (exact) mass is 332 g/mol. The molecular formula is C14H28N4O3S. The Morgan fingerprint density at radius 3 is 2.36 bits per heavy atom. The highest BCUT2D eigenvalue weighted by molar-refractivity contribution is 7.89. The third kappa shape index (κ3) is 4.91. The van der Waals surface area contributed by atoms with Crippen LogP contribution in [0.4, 0.5) is 0 Å². The van der Waals surface area contributed by atoms with Crippen molar-refractivity contribution in [3.8, 4) is 0 Å². The smallest absolute Gasteiger partial charge is 0.219 e. The highest BCUT2D eigenvalue weighted by atomic mass is 32.2. The number of hydrogen-bond acceptors (Lipinski definition) is 5. The van der Waals surface area contributed by atoms with E-state index in [1.807, 2.05) is 4.90 Å². The van der Waals surface area contributed by atoms with Crippen molar-refractivity contribution >= 4 is 15.9 Å². The topological polar surface area (TPSA) is 86.9 Å². The maximum Gasteiger partial charge on any atom is 0.219 e. The minimum Gasteiger partial charge on any atom is -0.340 e. The predicted octanol–water partition coefficient (Wildman–Crippen LogP) is -0.851. The minimum atomic E-state index is -3.35. The molecule has 0 bridgehead atoms. The largest absolute Gasteiger partial charge is 0.340 e. The number of carbonyl (C=O) groups is 1. The summed E-state index contributed by atoms with van der Waals surface area (Å²) >= 11 is 0. The fourth-order valence-electron chi connectivity index (χ4n) is 3.56. The molecule has 22 heavy (non-hydrogen) atoms. The van der Waals surface area contributed by atoms with Gasteiger partial charge in [-0.25, -0.2) is 13.6 Å². The first-order valence-corrected chi connectivity index (χ1v) is 9.70. The molecule has 2 N–H and O–H groups in total. The van der Waals surface area contributed by atoms with E-state index in [0.29, 0.717) is 18.4 Å². The summed E-state index contributed by atoms with van der Waals surface area (Å²) in [6, 6.07) is 0.503. The molecule has 128 valence electrons. The van der Waals surface area contributed by atoms with Crippen molar-refractivity contribution in [2.24, 2.45) is 11.1 Å². The molecular weight excluding hydrogens is 304 g/mol. The molecule has 0 aromatic carbocycles. The van der Waals surface area contributed by atoms with Crippen LogP contribution < -0.4 is 5.14 Å². The van der Waals surface area contributed by atoms with Crippen LogP contribution in [0.3, 0.4) is 0 Å². The van der Waals surface area contributed by atoms with E-state index in [2.05, 4.69) is 16.7 Å². The Kier molecular flexibility index (Phi) is 5.81. The molecule has 7 nitrogen and oxygen atoms in total.